The molecule has 184 valence electrons. The van der Waals surface area contributed by atoms with Crippen LogP contribution in [0, 0.1) is 0 Å². The van der Waals surface area contributed by atoms with Crippen molar-refractivity contribution in [3.8, 4) is 5.75 Å². The van der Waals surface area contributed by atoms with Crippen molar-refractivity contribution >= 4 is 23.2 Å². The first kappa shape index (κ1) is 22.2. The third-order valence-electron chi connectivity index (χ3n) is 7.56. The van der Waals surface area contributed by atoms with E-state index >= 15 is 0 Å². The number of carbonyl (C=O) groups is 1. The summed E-state index contributed by atoms with van der Waals surface area (Å²) in [6.45, 7) is 10.7. The summed E-state index contributed by atoms with van der Waals surface area (Å²) in [7, 11) is 0. The minimum absolute atomic E-state index is 0.0314. The molecule has 10 heteroatoms. The molecule has 6 heterocycles. The summed E-state index contributed by atoms with van der Waals surface area (Å²) >= 11 is 0. The maximum absolute atomic E-state index is 11.7. The zero-order valence-corrected chi connectivity index (χ0v) is 19.9. The van der Waals surface area contributed by atoms with Gasteiger partial charge in [-0.05, 0) is 38.1 Å². The van der Waals surface area contributed by atoms with E-state index in [-0.39, 0.29) is 5.91 Å². The number of morpholine rings is 1. The number of nitrogens with zero attached hydrogens (tertiary/aromatic N) is 6. The van der Waals surface area contributed by atoms with Gasteiger partial charge < -0.3 is 24.6 Å². The molecule has 10 nitrogen and oxygen atoms in total. The predicted molar refractivity (Wildman–Crippen MR) is 131 cm³/mol. The van der Waals surface area contributed by atoms with Gasteiger partial charge in [0.1, 0.15) is 24.6 Å². The number of piperidine rings is 1. The molecule has 0 aliphatic carbocycles. The molecule has 4 aliphatic rings. The molecule has 3 fully saturated rings. The lowest BCUT2D eigenvalue weighted by atomic mass is 9.91. The average Bonchev–Trinajstić information content (AvgIpc) is 3.07. The Bertz CT molecular complexity index is 1110. The largest absolute Gasteiger partial charge is 0.485 e. The van der Waals surface area contributed by atoms with Crippen LogP contribution in [0.4, 0.5) is 17.3 Å². The van der Waals surface area contributed by atoms with E-state index in [0.717, 1.165) is 86.4 Å². The minimum atomic E-state index is 0.0314. The van der Waals surface area contributed by atoms with Gasteiger partial charge in [-0.15, -0.1) is 0 Å². The first-order valence-electron chi connectivity index (χ1n) is 12.4. The maximum atomic E-state index is 11.7. The zero-order chi connectivity index (χ0) is 23.8. The van der Waals surface area contributed by atoms with Crippen molar-refractivity contribution in [3.05, 3.63) is 42.5 Å². The van der Waals surface area contributed by atoms with E-state index in [1.807, 2.05) is 11.1 Å². The fourth-order valence-corrected chi connectivity index (χ4v) is 5.42. The molecular weight excluding hydrogens is 446 g/mol. The third-order valence-corrected chi connectivity index (χ3v) is 7.56. The second-order valence-electron chi connectivity index (χ2n) is 9.55. The van der Waals surface area contributed by atoms with Crippen molar-refractivity contribution in [2.75, 3.05) is 62.7 Å². The van der Waals surface area contributed by atoms with Crippen molar-refractivity contribution < 1.29 is 14.3 Å². The molecule has 35 heavy (non-hydrogen) atoms. The van der Waals surface area contributed by atoms with Crippen LogP contribution in [0.1, 0.15) is 30.0 Å². The number of anilines is 3. The van der Waals surface area contributed by atoms with Crippen molar-refractivity contribution in [3.63, 3.8) is 0 Å². The Balaban J connectivity index is 1.13. The number of nitrogens with one attached hydrogen (secondary N) is 1. The second kappa shape index (κ2) is 9.43. The van der Waals surface area contributed by atoms with Crippen LogP contribution in [0.5, 0.6) is 5.75 Å². The molecule has 0 atom stereocenters. The molecule has 2 aromatic heterocycles. The highest BCUT2D eigenvalue weighted by atomic mass is 16.5. The van der Waals surface area contributed by atoms with Crippen molar-refractivity contribution in [2.24, 2.45) is 0 Å². The zero-order valence-electron chi connectivity index (χ0n) is 19.9. The van der Waals surface area contributed by atoms with Gasteiger partial charge in [0.2, 0.25) is 5.91 Å². The summed E-state index contributed by atoms with van der Waals surface area (Å²) in [6, 6.07) is 2.58. The molecule has 2 aromatic rings. The van der Waals surface area contributed by atoms with Crippen molar-refractivity contribution in [1.29, 1.82) is 0 Å². The Morgan fingerprint density at radius 1 is 1.11 bits per heavy atom. The molecule has 0 spiro atoms. The van der Waals surface area contributed by atoms with E-state index < -0.39 is 0 Å². The Hall–Kier alpha value is -3.24. The van der Waals surface area contributed by atoms with Crippen molar-refractivity contribution in [1.82, 2.24) is 24.8 Å². The third kappa shape index (κ3) is 4.32. The normalized spacial score (nSPS) is 21.1. The highest BCUT2D eigenvalue weighted by molar-refractivity contribution is 5.87. The Morgan fingerprint density at radius 3 is 2.69 bits per heavy atom. The molecule has 0 saturated carbocycles. The highest BCUT2D eigenvalue weighted by Crippen LogP contribution is 2.38. The lowest BCUT2D eigenvalue weighted by Gasteiger charge is -2.47. The molecule has 0 radical (unpaired) electrons. The number of rotatable bonds is 4. The summed E-state index contributed by atoms with van der Waals surface area (Å²) in [5, 5.41) is 3.50. The number of amides is 1. The lowest BCUT2D eigenvalue weighted by Crippen LogP contribution is -2.61. The molecular formula is C25H31N7O3. The monoisotopic (exact) mass is 477 g/mol. The van der Waals surface area contributed by atoms with Gasteiger partial charge in [0.05, 0.1) is 30.7 Å². The number of aromatic nitrogens is 3. The van der Waals surface area contributed by atoms with Crippen LogP contribution in [-0.4, -0.2) is 89.2 Å². The smallest absolute Gasteiger partial charge is 0.246 e. The van der Waals surface area contributed by atoms with Gasteiger partial charge in [0, 0.05) is 43.8 Å². The van der Waals surface area contributed by atoms with Crippen LogP contribution in [0.15, 0.2) is 31.2 Å². The van der Waals surface area contributed by atoms with Crippen LogP contribution in [0.25, 0.3) is 0 Å². The molecule has 3 saturated heterocycles. The van der Waals surface area contributed by atoms with Gasteiger partial charge in [-0.1, -0.05) is 6.58 Å². The van der Waals surface area contributed by atoms with E-state index in [2.05, 4.69) is 37.7 Å². The van der Waals surface area contributed by atoms with Gasteiger partial charge in [-0.3, -0.25) is 14.7 Å². The number of likely N-dealkylation sites (tertiary alicyclic amines) is 2. The second-order valence-corrected chi connectivity index (χ2v) is 9.55. The van der Waals surface area contributed by atoms with Crippen LogP contribution >= 0.6 is 0 Å². The van der Waals surface area contributed by atoms with Crippen LogP contribution in [-0.2, 0) is 16.1 Å². The molecule has 0 unspecified atom stereocenters. The van der Waals surface area contributed by atoms with E-state index in [0.29, 0.717) is 31.8 Å². The van der Waals surface area contributed by atoms with Crippen LogP contribution < -0.4 is 15.0 Å². The first-order valence-corrected chi connectivity index (χ1v) is 12.4. The minimum Gasteiger partial charge on any atom is -0.485 e. The molecule has 6 rings (SSSR count). The topological polar surface area (TPSA) is 96.0 Å². The number of ether oxygens (including phenoxy) is 2. The van der Waals surface area contributed by atoms with Crippen molar-refractivity contribution in [2.45, 2.75) is 31.4 Å². The molecule has 1 N–H and O–H groups in total. The predicted octanol–water partition coefficient (Wildman–Crippen LogP) is 1.92. The van der Waals surface area contributed by atoms with Gasteiger partial charge in [0.25, 0.3) is 0 Å². The first-order chi connectivity index (χ1) is 17.2. The Kier molecular flexibility index (Phi) is 5.99. The fourth-order valence-electron chi connectivity index (χ4n) is 5.42. The summed E-state index contributed by atoms with van der Waals surface area (Å²) in [5.41, 5.74) is 2.95. The number of pyridine rings is 1. The maximum Gasteiger partial charge on any atom is 0.246 e. The van der Waals surface area contributed by atoms with E-state index in [9.17, 15) is 4.79 Å². The van der Waals surface area contributed by atoms with E-state index in [4.69, 9.17) is 14.5 Å². The standard InChI is InChI=1S/C25H31N7O3/c1-2-23(33)32-13-18(14-32)30-5-3-17(4-6-30)20-11-21-22(12-26-20)35-15-19-24(29-21)27-16-28-25(19)31-7-9-34-10-8-31/h2,11-12,16-18H,1,3-10,13-15H2,(H,27,28,29). The van der Waals surface area contributed by atoms with E-state index in [1.54, 1.807) is 6.33 Å². The van der Waals surface area contributed by atoms with E-state index in [1.165, 1.54) is 6.08 Å². The SMILES string of the molecule is C=CC(=O)N1CC(N2CCC(c3cc4c(cn3)OCc3c(ncnc3N3CCOCC3)N4)CC2)C1. The highest BCUT2D eigenvalue weighted by Gasteiger charge is 2.36. The van der Waals surface area contributed by atoms with Crippen LogP contribution in [0.3, 0.4) is 0 Å². The van der Waals surface area contributed by atoms with Crippen LogP contribution in [0.2, 0.25) is 0 Å². The Labute approximate surface area is 204 Å². The molecule has 0 bridgehead atoms. The summed E-state index contributed by atoms with van der Waals surface area (Å²) < 4.78 is 11.6. The van der Waals surface area contributed by atoms with Gasteiger partial charge in [-0.25, -0.2) is 9.97 Å². The molecule has 0 aromatic carbocycles. The van der Waals surface area contributed by atoms with Gasteiger partial charge in [-0.2, -0.15) is 0 Å². The fraction of sp³-hybridized carbons (Fsp3) is 0.520. The summed E-state index contributed by atoms with van der Waals surface area (Å²) in [5.74, 6) is 2.86. The van der Waals surface area contributed by atoms with Gasteiger partial charge >= 0.3 is 0 Å². The lowest BCUT2D eigenvalue weighted by molar-refractivity contribution is -0.133. The number of hydrogen-bond donors (Lipinski definition) is 1. The molecule has 4 aliphatic heterocycles. The number of fused-ring (bicyclic) bond motifs is 2. The average molecular weight is 478 g/mol. The number of hydrogen-bond acceptors (Lipinski definition) is 9. The molecule has 1 amide bonds. The summed E-state index contributed by atoms with van der Waals surface area (Å²) in [6.07, 6.45) is 6.96. The quantitative estimate of drug-likeness (QED) is 0.663. The number of carbonyl (C=O) groups excluding carboxylic acids is 1. The summed E-state index contributed by atoms with van der Waals surface area (Å²) in [4.78, 5) is 32.2. The van der Waals surface area contributed by atoms with Gasteiger partial charge in [0.15, 0.2) is 5.75 Å². The Morgan fingerprint density at radius 2 is 1.91 bits per heavy atom.